The molecular formula is C60H37N5. The van der Waals surface area contributed by atoms with Gasteiger partial charge >= 0.3 is 0 Å². The van der Waals surface area contributed by atoms with Crippen LogP contribution in [0.5, 0.6) is 0 Å². The van der Waals surface area contributed by atoms with Crippen molar-refractivity contribution in [2.24, 2.45) is 0 Å². The van der Waals surface area contributed by atoms with Crippen molar-refractivity contribution < 1.29 is 0 Å². The van der Waals surface area contributed by atoms with Crippen LogP contribution < -0.4 is 4.90 Å². The first-order valence-electron chi connectivity index (χ1n) is 21.9. The smallest absolute Gasteiger partial charge is 0.116 e. The third-order valence-electron chi connectivity index (χ3n) is 13.0. The molecule has 0 atom stereocenters. The summed E-state index contributed by atoms with van der Waals surface area (Å²) in [7, 11) is 0. The van der Waals surface area contributed by atoms with Crippen molar-refractivity contribution in [3.05, 3.63) is 225 Å². The molecule has 0 N–H and O–H groups in total. The monoisotopic (exact) mass is 827 g/mol. The van der Waals surface area contributed by atoms with Gasteiger partial charge in [0.1, 0.15) is 12.7 Å². The zero-order chi connectivity index (χ0) is 42.8. The Balaban J connectivity index is 0.926. The van der Waals surface area contributed by atoms with Crippen molar-refractivity contribution in [3.8, 4) is 33.6 Å². The molecular weight excluding hydrogens is 791 g/mol. The van der Waals surface area contributed by atoms with Gasteiger partial charge in [-0.3, -0.25) is 0 Å². The second-order valence-electron chi connectivity index (χ2n) is 16.7. The first kappa shape index (κ1) is 36.8. The van der Waals surface area contributed by atoms with E-state index in [2.05, 4.69) is 227 Å². The summed E-state index contributed by atoms with van der Waals surface area (Å²) in [4.78, 5) is 21.3. The summed E-state index contributed by atoms with van der Waals surface area (Å²) in [6.07, 6.45) is 3.34. The largest absolute Gasteiger partial charge is 0.310 e. The number of aromatic nitrogens is 4. The first-order valence-corrected chi connectivity index (χ1v) is 21.9. The fourth-order valence-corrected chi connectivity index (χ4v) is 9.83. The van der Waals surface area contributed by atoms with Crippen molar-refractivity contribution >= 4 is 92.7 Å². The topological polar surface area (TPSA) is 54.8 Å². The molecule has 65 heavy (non-hydrogen) atoms. The van der Waals surface area contributed by atoms with Crippen LogP contribution in [0.3, 0.4) is 0 Å². The average molecular weight is 828 g/mol. The molecule has 0 spiro atoms. The van der Waals surface area contributed by atoms with Crippen LogP contribution in [0.2, 0.25) is 0 Å². The van der Waals surface area contributed by atoms with Gasteiger partial charge in [0.25, 0.3) is 0 Å². The van der Waals surface area contributed by atoms with Crippen LogP contribution in [0.1, 0.15) is 0 Å². The Morgan fingerprint density at radius 1 is 0.262 bits per heavy atom. The van der Waals surface area contributed by atoms with Crippen molar-refractivity contribution in [3.63, 3.8) is 0 Å². The molecule has 0 saturated carbocycles. The predicted octanol–water partition coefficient (Wildman–Crippen LogP) is 15.8. The van der Waals surface area contributed by atoms with Crippen LogP contribution >= 0.6 is 0 Å². The van der Waals surface area contributed by atoms with E-state index in [0.29, 0.717) is 0 Å². The summed E-state index contributed by atoms with van der Waals surface area (Å²) < 4.78 is 0. The summed E-state index contributed by atoms with van der Waals surface area (Å²) >= 11 is 0. The van der Waals surface area contributed by atoms with E-state index in [1.807, 2.05) is 0 Å². The predicted molar refractivity (Wildman–Crippen MR) is 271 cm³/mol. The van der Waals surface area contributed by atoms with Gasteiger partial charge in [0.2, 0.25) is 0 Å². The number of anilines is 3. The van der Waals surface area contributed by atoms with Crippen molar-refractivity contribution in [2.45, 2.75) is 0 Å². The molecule has 13 aromatic rings. The summed E-state index contributed by atoms with van der Waals surface area (Å²) in [6.45, 7) is 0. The number of fused-ring (bicyclic) bond motifs is 10. The highest BCUT2D eigenvalue weighted by Gasteiger charge is 2.18. The van der Waals surface area contributed by atoms with Crippen molar-refractivity contribution in [2.75, 3.05) is 4.90 Å². The van der Waals surface area contributed by atoms with E-state index in [0.717, 1.165) is 72.2 Å². The molecule has 5 nitrogen and oxygen atoms in total. The fourth-order valence-electron chi connectivity index (χ4n) is 9.83. The van der Waals surface area contributed by atoms with E-state index < -0.39 is 0 Å². The number of nitrogens with zero attached hydrogens (tertiary/aromatic N) is 5. The van der Waals surface area contributed by atoms with Gasteiger partial charge in [0.05, 0.1) is 22.4 Å². The maximum absolute atomic E-state index is 4.86. The van der Waals surface area contributed by atoms with Gasteiger partial charge < -0.3 is 4.90 Å². The highest BCUT2D eigenvalue weighted by molar-refractivity contribution is 6.14. The first-order chi connectivity index (χ1) is 32.2. The molecule has 0 unspecified atom stereocenters. The highest BCUT2D eigenvalue weighted by atomic mass is 15.1. The molecule has 0 fully saturated rings. The summed E-state index contributed by atoms with van der Waals surface area (Å²) in [5.41, 5.74) is 11.3. The average Bonchev–Trinajstić information content (AvgIpc) is 3.38. The van der Waals surface area contributed by atoms with E-state index in [4.69, 9.17) is 9.97 Å². The molecule has 11 aromatic carbocycles. The zero-order valence-electron chi connectivity index (χ0n) is 35.1. The quantitative estimate of drug-likeness (QED) is 0.156. The van der Waals surface area contributed by atoms with Crippen molar-refractivity contribution in [1.82, 2.24) is 19.9 Å². The van der Waals surface area contributed by atoms with Crippen LogP contribution in [0.15, 0.2) is 225 Å². The minimum absolute atomic E-state index is 0.917. The van der Waals surface area contributed by atoms with Gasteiger partial charge in [-0.25, -0.2) is 19.9 Å². The van der Waals surface area contributed by atoms with Crippen LogP contribution in [0.25, 0.3) is 109 Å². The minimum Gasteiger partial charge on any atom is -0.310 e. The van der Waals surface area contributed by atoms with E-state index in [9.17, 15) is 0 Å². The Morgan fingerprint density at radius 3 is 1.26 bits per heavy atom. The molecule has 0 radical (unpaired) electrons. The summed E-state index contributed by atoms with van der Waals surface area (Å²) in [6, 6.07) is 76.3. The Bertz CT molecular complexity index is 3850. The lowest BCUT2D eigenvalue weighted by Gasteiger charge is -2.26. The van der Waals surface area contributed by atoms with Crippen LogP contribution in [-0.4, -0.2) is 19.9 Å². The normalized spacial score (nSPS) is 11.7. The van der Waals surface area contributed by atoms with Gasteiger partial charge in [0, 0.05) is 39.0 Å². The molecule has 2 heterocycles. The highest BCUT2D eigenvalue weighted by Crippen LogP contribution is 2.41. The molecule has 0 bridgehead atoms. The summed E-state index contributed by atoms with van der Waals surface area (Å²) in [5, 5.41) is 14.1. The van der Waals surface area contributed by atoms with Crippen LogP contribution in [-0.2, 0) is 0 Å². The molecule has 5 heteroatoms. The molecule has 0 saturated heterocycles. The van der Waals surface area contributed by atoms with Crippen LogP contribution in [0, 0.1) is 0 Å². The Labute approximate surface area is 374 Å². The number of rotatable bonds is 6. The van der Waals surface area contributed by atoms with Gasteiger partial charge in [-0.1, -0.05) is 152 Å². The van der Waals surface area contributed by atoms with Gasteiger partial charge in [-0.15, -0.1) is 0 Å². The standard InChI is InChI=1S/C60H37N5/c1-2-10-43-33-44(14-13-38(43)7-1)45-21-29-51-46(34-45)15-16-47-35-50(28-30-52(47)51)65(48-24-17-41(18-25-48)59-57-53-11-5-3-8-39(53)22-31-55(57)61-36-63-59)49-26-19-42(20-27-49)60-58-54-12-6-4-9-40(54)23-32-56(58)62-37-64-60/h1-37H. The third kappa shape index (κ3) is 6.24. The van der Waals surface area contributed by atoms with Crippen LogP contribution in [0.4, 0.5) is 17.1 Å². The van der Waals surface area contributed by atoms with E-state index in [-0.39, 0.29) is 0 Å². The van der Waals surface area contributed by atoms with Gasteiger partial charge in [-0.2, -0.15) is 0 Å². The third-order valence-corrected chi connectivity index (χ3v) is 13.0. The maximum atomic E-state index is 4.86. The Morgan fingerprint density at radius 2 is 0.677 bits per heavy atom. The molecule has 0 aliphatic heterocycles. The Kier molecular flexibility index (Phi) is 8.46. The molecule has 0 aliphatic rings. The second kappa shape index (κ2) is 14.9. The van der Waals surface area contributed by atoms with Gasteiger partial charge in [0.15, 0.2) is 0 Å². The molecule has 0 amide bonds. The minimum atomic E-state index is 0.917. The fraction of sp³-hybridized carbons (Fsp3) is 0. The van der Waals surface area contributed by atoms with E-state index >= 15 is 0 Å². The lowest BCUT2D eigenvalue weighted by molar-refractivity contribution is 1.22. The second-order valence-corrected chi connectivity index (χ2v) is 16.7. The maximum Gasteiger partial charge on any atom is 0.116 e. The molecule has 2 aromatic heterocycles. The number of hydrogen-bond acceptors (Lipinski definition) is 5. The number of hydrogen-bond donors (Lipinski definition) is 0. The van der Waals surface area contributed by atoms with E-state index in [1.54, 1.807) is 12.7 Å². The lowest BCUT2D eigenvalue weighted by Crippen LogP contribution is -2.10. The zero-order valence-corrected chi connectivity index (χ0v) is 35.1. The SMILES string of the molecule is c1ccc2cc(-c3ccc4c(ccc5cc(N(c6ccc(-c7ncnc8ccc9ccccc9c78)cc6)c6ccc(-c7ncnc8ccc9ccccc9c78)cc6)ccc54)c3)ccc2c1. The lowest BCUT2D eigenvalue weighted by atomic mass is 9.96. The van der Waals surface area contributed by atoms with E-state index in [1.165, 1.54) is 54.2 Å². The molecule has 0 aliphatic carbocycles. The molecule has 302 valence electrons. The van der Waals surface area contributed by atoms with Crippen molar-refractivity contribution in [1.29, 1.82) is 0 Å². The molecule has 13 rings (SSSR count). The summed E-state index contributed by atoms with van der Waals surface area (Å²) in [5.74, 6) is 0. The number of benzene rings is 11. The van der Waals surface area contributed by atoms with Gasteiger partial charge in [-0.05, 0) is 126 Å². The Hall–Kier alpha value is -8.80.